The Morgan fingerprint density at radius 1 is 1.47 bits per heavy atom. The van der Waals surface area contributed by atoms with Crippen molar-refractivity contribution >= 4 is 5.95 Å². The van der Waals surface area contributed by atoms with Gasteiger partial charge in [0, 0.05) is 39.7 Å². The highest BCUT2D eigenvalue weighted by Gasteiger charge is 2.13. The van der Waals surface area contributed by atoms with Gasteiger partial charge >= 0.3 is 0 Å². The average molecular weight is 264 g/mol. The topological polar surface area (TPSA) is 69.8 Å². The van der Waals surface area contributed by atoms with Gasteiger partial charge in [-0.3, -0.25) is 0 Å². The maximum Gasteiger partial charge on any atom is 0.203 e. The molecule has 0 amide bonds. The fourth-order valence-corrected chi connectivity index (χ4v) is 1.95. The molecule has 104 valence electrons. The van der Waals surface area contributed by atoms with E-state index < -0.39 is 0 Å². The molecule has 0 saturated heterocycles. The maximum atomic E-state index is 5.06. The van der Waals surface area contributed by atoms with Gasteiger partial charge in [-0.1, -0.05) is 0 Å². The molecule has 0 fully saturated rings. The van der Waals surface area contributed by atoms with Crippen LogP contribution in [-0.2, 0) is 18.3 Å². The van der Waals surface area contributed by atoms with Crippen LogP contribution in [0.4, 0.5) is 5.95 Å². The minimum atomic E-state index is 0.0519. The van der Waals surface area contributed by atoms with Gasteiger partial charge in [0.1, 0.15) is 6.33 Å². The molecule has 19 heavy (non-hydrogen) atoms. The van der Waals surface area contributed by atoms with E-state index in [0.29, 0.717) is 0 Å². The van der Waals surface area contributed by atoms with E-state index in [-0.39, 0.29) is 6.04 Å². The number of imidazole rings is 1. The van der Waals surface area contributed by atoms with Crippen LogP contribution in [0.5, 0.6) is 0 Å². The number of rotatable bonds is 7. The predicted molar refractivity (Wildman–Crippen MR) is 71.8 cm³/mol. The normalized spacial score (nSPS) is 12.6. The zero-order valence-corrected chi connectivity index (χ0v) is 11.6. The van der Waals surface area contributed by atoms with Gasteiger partial charge in [-0.15, -0.1) is 10.2 Å². The van der Waals surface area contributed by atoms with Gasteiger partial charge in [0.2, 0.25) is 5.95 Å². The van der Waals surface area contributed by atoms with Crippen molar-refractivity contribution in [1.29, 1.82) is 0 Å². The molecular weight excluding hydrogens is 244 g/mol. The number of nitrogens with one attached hydrogen (secondary N) is 1. The molecule has 1 unspecified atom stereocenters. The van der Waals surface area contributed by atoms with Crippen molar-refractivity contribution in [3.05, 3.63) is 24.5 Å². The molecule has 2 aromatic heterocycles. The third-order valence-corrected chi connectivity index (χ3v) is 2.94. The number of hydrogen-bond donors (Lipinski definition) is 1. The zero-order valence-electron chi connectivity index (χ0n) is 11.6. The summed E-state index contributed by atoms with van der Waals surface area (Å²) in [5.41, 5.74) is 0. The Morgan fingerprint density at radius 3 is 3.00 bits per heavy atom. The standard InChI is InChI=1S/C12H20N6O/c1-10(11-16-14-9-17(11)2)15-12-13-5-7-18(12)6-4-8-19-3/h5,7,9-10H,4,6,8H2,1-3H3,(H,13,15). The Labute approximate surface area is 112 Å². The first-order valence-corrected chi connectivity index (χ1v) is 6.33. The number of aromatic nitrogens is 5. The molecule has 2 heterocycles. The summed E-state index contributed by atoms with van der Waals surface area (Å²) >= 11 is 0. The Hall–Kier alpha value is -1.89. The summed E-state index contributed by atoms with van der Waals surface area (Å²) in [7, 11) is 3.64. The van der Waals surface area contributed by atoms with Gasteiger partial charge in [0.15, 0.2) is 5.82 Å². The molecular formula is C12H20N6O. The second-order valence-corrected chi connectivity index (χ2v) is 4.46. The molecule has 0 aliphatic carbocycles. The summed E-state index contributed by atoms with van der Waals surface area (Å²) in [5.74, 6) is 1.72. The van der Waals surface area contributed by atoms with Crippen LogP contribution in [0.3, 0.4) is 0 Å². The summed E-state index contributed by atoms with van der Waals surface area (Å²) in [5, 5.41) is 11.3. The van der Waals surface area contributed by atoms with Crippen LogP contribution in [0.2, 0.25) is 0 Å². The lowest BCUT2D eigenvalue weighted by Gasteiger charge is -2.15. The van der Waals surface area contributed by atoms with E-state index in [9.17, 15) is 0 Å². The molecule has 0 aliphatic heterocycles. The van der Waals surface area contributed by atoms with Crippen LogP contribution >= 0.6 is 0 Å². The molecule has 7 heteroatoms. The third kappa shape index (κ3) is 3.31. The summed E-state index contributed by atoms with van der Waals surface area (Å²) < 4.78 is 9.03. The SMILES string of the molecule is COCCCn1ccnc1NC(C)c1nncn1C. The smallest absolute Gasteiger partial charge is 0.203 e. The molecule has 0 aliphatic rings. The molecule has 0 aromatic carbocycles. The van der Waals surface area contributed by atoms with Crippen molar-refractivity contribution in [2.24, 2.45) is 7.05 Å². The largest absolute Gasteiger partial charge is 0.385 e. The van der Waals surface area contributed by atoms with Crippen LogP contribution in [-0.4, -0.2) is 38.0 Å². The van der Waals surface area contributed by atoms with Gasteiger partial charge in [-0.2, -0.15) is 0 Å². The lowest BCUT2D eigenvalue weighted by atomic mass is 10.3. The van der Waals surface area contributed by atoms with Crippen molar-refractivity contribution in [2.45, 2.75) is 25.9 Å². The molecule has 0 bridgehead atoms. The van der Waals surface area contributed by atoms with Crippen LogP contribution in [0.25, 0.3) is 0 Å². The van der Waals surface area contributed by atoms with Crippen LogP contribution in [0, 0.1) is 0 Å². The van der Waals surface area contributed by atoms with Crippen LogP contribution in [0.15, 0.2) is 18.7 Å². The molecule has 1 N–H and O–H groups in total. The summed E-state index contributed by atoms with van der Waals surface area (Å²) in [4.78, 5) is 4.33. The third-order valence-electron chi connectivity index (χ3n) is 2.94. The number of anilines is 1. The van der Waals surface area contributed by atoms with E-state index in [2.05, 4.69) is 25.1 Å². The van der Waals surface area contributed by atoms with Gasteiger partial charge in [-0.05, 0) is 13.3 Å². The average Bonchev–Trinajstić information content (AvgIpc) is 2.99. The number of nitrogens with zero attached hydrogens (tertiary/aromatic N) is 5. The van der Waals surface area contributed by atoms with E-state index in [4.69, 9.17) is 4.74 Å². The van der Waals surface area contributed by atoms with Gasteiger partial charge in [-0.25, -0.2) is 4.98 Å². The lowest BCUT2D eigenvalue weighted by molar-refractivity contribution is 0.190. The Kier molecular flexibility index (Phi) is 4.51. The highest BCUT2D eigenvalue weighted by atomic mass is 16.5. The Morgan fingerprint density at radius 2 is 2.32 bits per heavy atom. The maximum absolute atomic E-state index is 5.06. The number of hydrogen-bond acceptors (Lipinski definition) is 5. The zero-order chi connectivity index (χ0) is 13.7. The summed E-state index contributed by atoms with van der Waals surface area (Å²) in [6.45, 7) is 3.66. The van der Waals surface area contributed by atoms with Crippen molar-refractivity contribution in [3.63, 3.8) is 0 Å². The van der Waals surface area contributed by atoms with E-state index in [1.807, 2.05) is 24.7 Å². The molecule has 7 nitrogen and oxygen atoms in total. The second kappa shape index (κ2) is 6.33. The Balaban J connectivity index is 1.99. The van der Waals surface area contributed by atoms with E-state index in [1.165, 1.54) is 0 Å². The predicted octanol–water partition coefficient (Wildman–Crippen LogP) is 1.22. The minimum Gasteiger partial charge on any atom is -0.385 e. The van der Waals surface area contributed by atoms with Gasteiger partial charge in [0.25, 0.3) is 0 Å². The first-order valence-electron chi connectivity index (χ1n) is 6.33. The molecule has 0 radical (unpaired) electrons. The highest BCUT2D eigenvalue weighted by Crippen LogP contribution is 2.15. The molecule has 1 atom stereocenters. The number of aryl methyl sites for hydroxylation is 2. The molecule has 2 rings (SSSR count). The van der Waals surface area contributed by atoms with Crippen molar-refractivity contribution in [3.8, 4) is 0 Å². The van der Waals surface area contributed by atoms with E-state index >= 15 is 0 Å². The summed E-state index contributed by atoms with van der Waals surface area (Å²) in [6, 6.07) is 0.0519. The fourth-order valence-electron chi connectivity index (χ4n) is 1.95. The Bertz CT molecular complexity index is 506. The fraction of sp³-hybridized carbons (Fsp3) is 0.583. The van der Waals surface area contributed by atoms with Crippen molar-refractivity contribution in [1.82, 2.24) is 24.3 Å². The van der Waals surface area contributed by atoms with Crippen LogP contribution < -0.4 is 5.32 Å². The molecule has 2 aromatic rings. The highest BCUT2D eigenvalue weighted by molar-refractivity contribution is 5.28. The van der Waals surface area contributed by atoms with E-state index in [1.54, 1.807) is 19.6 Å². The van der Waals surface area contributed by atoms with Crippen LogP contribution in [0.1, 0.15) is 25.2 Å². The summed E-state index contributed by atoms with van der Waals surface area (Å²) in [6.07, 6.45) is 6.40. The van der Waals surface area contributed by atoms with Crippen molar-refractivity contribution in [2.75, 3.05) is 19.0 Å². The second-order valence-electron chi connectivity index (χ2n) is 4.46. The molecule has 0 spiro atoms. The van der Waals surface area contributed by atoms with Crippen molar-refractivity contribution < 1.29 is 4.74 Å². The lowest BCUT2D eigenvalue weighted by Crippen LogP contribution is -2.15. The first kappa shape index (κ1) is 13.5. The van der Waals surface area contributed by atoms with Gasteiger partial charge < -0.3 is 19.2 Å². The number of methoxy groups -OCH3 is 1. The molecule has 0 saturated carbocycles. The monoisotopic (exact) mass is 264 g/mol. The minimum absolute atomic E-state index is 0.0519. The van der Waals surface area contributed by atoms with E-state index in [0.717, 1.165) is 31.3 Å². The quantitative estimate of drug-likeness (QED) is 0.761. The van der Waals surface area contributed by atoms with Gasteiger partial charge in [0.05, 0.1) is 6.04 Å². The number of ether oxygens (including phenoxy) is 1. The first-order chi connectivity index (χ1) is 9.22.